The predicted molar refractivity (Wildman–Crippen MR) is 92.5 cm³/mol. The molecule has 0 aromatic heterocycles. The molecule has 122 valence electrons. The van der Waals surface area contributed by atoms with E-state index >= 15 is 0 Å². The highest BCUT2D eigenvalue weighted by Crippen LogP contribution is 2.17. The molecule has 2 aromatic rings. The molecule has 2 rings (SSSR count). The van der Waals surface area contributed by atoms with Crippen LogP contribution in [-0.2, 0) is 0 Å². The van der Waals surface area contributed by atoms with Gasteiger partial charge in [-0.1, -0.05) is 0 Å². The molecule has 0 atom stereocenters. The lowest BCUT2D eigenvalue weighted by molar-refractivity contribution is 0.367. The zero-order chi connectivity index (χ0) is 17.0. The van der Waals surface area contributed by atoms with Crippen LogP contribution in [0.1, 0.15) is 0 Å². The van der Waals surface area contributed by atoms with Crippen molar-refractivity contribution < 1.29 is 18.9 Å². The van der Waals surface area contributed by atoms with Gasteiger partial charge in [0.2, 0.25) is 0 Å². The zero-order valence-corrected chi connectivity index (χ0v) is 13.7. The van der Waals surface area contributed by atoms with Crippen LogP contribution in [-0.4, -0.2) is 27.4 Å². The maximum atomic E-state index is 5.46. The standard InChI is InChI=1S/C20H18O4/c1-21-17-7-11-19(12-8-17)23-15-5-3-4-6-16-24-20-13-9-18(22-2)10-14-20/h7-14H,15-16H2,1-2H3. The van der Waals surface area contributed by atoms with Crippen molar-refractivity contribution in [1.82, 2.24) is 0 Å². The normalized spacial score (nSPS) is 8.92. The first kappa shape index (κ1) is 17.1. The van der Waals surface area contributed by atoms with Crippen LogP contribution >= 0.6 is 0 Å². The minimum Gasteiger partial charge on any atom is -0.497 e. The highest BCUT2D eigenvalue weighted by molar-refractivity contribution is 5.33. The highest BCUT2D eigenvalue weighted by Gasteiger charge is 1.93. The SMILES string of the molecule is COc1ccc(OCC#CC#CCOc2ccc(OC)cc2)cc1. The average Bonchev–Trinajstić information content (AvgIpc) is 2.65. The summed E-state index contributed by atoms with van der Waals surface area (Å²) in [7, 11) is 3.25. The molecule has 0 bridgehead atoms. The van der Waals surface area contributed by atoms with Crippen molar-refractivity contribution in [2.75, 3.05) is 27.4 Å². The lowest BCUT2D eigenvalue weighted by Crippen LogP contribution is -1.94. The van der Waals surface area contributed by atoms with Gasteiger partial charge in [0.05, 0.1) is 14.2 Å². The van der Waals surface area contributed by atoms with Gasteiger partial charge in [0, 0.05) is 0 Å². The van der Waals surface area contributed by atoms with Crippen molar-refractivity contribution >= 4 is 0 Å². The molecule has 2 aromatic carbocycles. The fourth-order valence-electron chi connectivity index (χ4n) is 1.74. The Balaban J connectivity index is 1.68. The molecule has 0 saturated carbocycles. The summed E-state index contributed by atoms with van der Waals surface area (Å²) in [6.07, 6.45) is 0. The second kappa shape index (κ2) is 9.71. The molecule has 0 aliphatic carbocycles. The fraction of sp³-hybridized carbons (Fsp3) is 0.200. The lowest BCUT2D eigenvalue weighted by Gasteiger charge is -2.03. The molecule has 0 radical (unpaired) electrons. The van der Waals surface area contributed by atoms with Crippen molar-refractivity contribution in [1.29, 1.82) is 0 Å². The summed E-state index contributed by atoms with van der Waals surface area (Å²) in [6, 6.07) is 14.6. The molecule has 0 heterocycles. The van der Waals surface area contributed by atoms with Crippen molar-refractivity contribution in [3.8, 4) is 46.7 Å². The maximum absolute atomic E-state index is 5.46. The molecule has 0 unspecified atom stereocenters. The largest absolute Gasteiger partial charge is 0.497 e. The maximum Gasteiger partial charge on any atom is 0.150 e. The first-order valence-electron chi connectivity index (χ1n) is 7.31. The Bertz CT molecular complexity index is 673. The van der Waals surface area contributed by atoms with Crippen LogP contribution in [0.4, 0.5) is 0 Å². The minimum atomic E-state index is 0.278. The molecule has 0 N–H and O–H groups in total. The molecular formula is C20H18O4. The van der Waals surface area contributed by atoms with Crippen LogP contribution < -0.4 is 18.9 Å². The van der Waals surface area contributed by atoms with Gasteiger partial charge in [-0.15, -0.1) is 0 Å². The first-order chi connectivity index (χ1) is 11.8. The van der Waals surface area contributed by atoms with Crippen molar-refractivity contribution in [3.63, 3.8) is 0 Å². The van der Waals surface area contributed by atoms with Crippen LogP contribution in [0, 0.1) is 23.7 Å². The quantitative estimate of drug-likeness (QED) is 0.766. The van der Waals surface area contributed by atoms with Gasteiger partial charge in [-0.3, -0.25) is 0 Å². The van der Waals surface area contributed by atoms with Crippen molar-refractivity contribution in [3.05, 3.63) is 48.5 Å². The highest BCUT2D eigenvalue weighted by atomic mass is 16.5. The first-order valence-corrected chi connectivity index (χ1v) is 7.31. The Morgan fingerprint density at radius 3 is 1.25 bits per heavy atom. The molecule has 4 nitrogen and oxygen atoms in total. The molecule has 0 spiro atoms. The topological polar surface area (TPSA) is 36.9 Å². The van der Waals surface area contributed by atoms with Crippen LogP contribution in [0.5, 0.6) is 23.0 Å². The number of rotatable bonds is 6. The number of hydrogen-bond acceptors (Lipinski definition) is 4. The molecule has 4 heteroatoms. The summed E-state index contributed by atoms with van der Waals surface area (Å²) in [5, 5.41) is 0. The third kappa shape index (κ3) is 5.87. The van der Waals surface area contributed by atoms with Crippen molar-refractivity contribution in [2.24, 2.45) is 0 Å². The van der Waals surface area contributed by atoms with E-state index in [1.54, 1.807) is 14.2 Å². The van der Waals surface area contributed by atoms with E-state index in [-0.39, 0.29) is 13.2 Å². The molecular weight excluding hydrogens is 304 g/mol. The van der Waals surface area contributed by atoms with Crippen LogP contribution in [0.25, 0.3) is 0 Å². The molecule has 0 fully saturated rings. The van der Waals surface area contributed by atoms with Gasteiger partial charge in [-0.2, -0.15) is 0 Å². The Morgan fingerprint density at radius 2 is 0.917 bits per heavy atom. The Hall–Kier alpha value is -3.24. The van der Waals surface area contributed by atoms with Crippen LogP contribution in [0.15, 0.2) is 48.5 Å². The van der Waals surface area contributed by atoms with E-state index in [0.717, 1.165) is 23.0 Å². The fourth-order valence-corrected chi connectivity index (χ4v) is 1.74. The lowest BCUT2D eigenvalue weighted by atomic mass is 10.3. The van der Waals surface area contributed by atoms with E-state index in [1.165, 1.54) is 0 Å². The van der Waals surface area contributed by atoms with Crippen LogP contribution in [0.2, 0.25) is 0 Å². The number of methoxy groups -OCH3 is 2. The van der Waals surface area contributed by atoms with Gasteiger partial charge in [-0.05, 0) is 72.2 Å². The Morgan fingerprint density at radius 1 is 0.583 bits per heavy atom. The molecule has 0 aliphatic rings. The smallest absolute Gasteiger partial charge is 0.150 e. The van der Waals surface area contributed by atoms with E-state index in [2.05, 4.69) is 23.7 Å². The summed E-state index contributed by atoms with van der Waals surface area (Å²) in [6.45, 7) is 0.556. The summed E-state index contributed by atoms with van der Waals surface area (Å²) in [4.78, 5) is 0. The minimum absolute atomic E-state index is 0.278. The van der Waals surface area contributed by atoms with Gasteiger partial charge < -0.3 is 18.9 Å². The predicted octanol–water partition coefficient (Wildman–Crippen LogP) is 3.17. The summed E-state index contributed by atoms with van der Waals surface area (Å²) >= 11 is 0. The second-order valence-electron chi connectivity index (χ2n) is 4.53. The zero-order valence-electron chi connectivity index (χ0n) is 13.7. The summed E-state index contributed by atoms with van der Waals surface area (Å²) < 4.78 is 21.1. The van der Waals surface area contributed by atoms with Gasteiger partial charge in [0.1, 0.15) is 36.2 Å². The van der Waals surface area contributed by atoms with Gasteiger partial charge in [0.25, 0.3) is 0 Å². The van der Waals surface area contributed by atoms with E-state index in [0.29, 0.717) is 0 Å². The molecule has 0 aliphatic heterocycles. The molecule has 0 amide bonds. The van der Waals surface area contributed by atoms with E-state index in [9.17, 15) is 0 Å². The summed E-state index contributed by atoms with van der Waals surface area (Å²) in [5.74, 6) is 14.1. The molecule has 0 saturated heterocycles. The van der Waals surface area contributed by atoms with Gasteiger partial charge in [-0.25, -0.2) is 0 Å². The number of hydrogen-bond donors (Lipinski definition) is 0. The van der Waals surface area contributed by atoms with E-state index < -0.39 is 0 Å². The second-order valence-corrected chi connectivity index (χ2v) is 4.53. The van der Waals surface area contributed by atoms with E-state index in [1.807, 2.05) is 48.5 Å². The Kier molecular flexibility index (Phi) is 6.93. The van der Waals surface area contributed by atoms with Crippen LogP contribution in [0.3, 0.4) is 0 Å². The Labute approximate surface area is 142 Å². The number of ether oxygens (including phenoxy) is 4. The molecule has 24 heavy (non-hydrogen) atoms. The van der Waals surface area contributed by atoms with E-state index in [4.69, 9.17) is 18.9 Å². The van der Waals surface area contributed by atoms with Gasteiger partial charge >= 0.3 is 0 Å². The monoisotopic (exact) mass is 322 g/mol. The third-order valence-corrected chi connectivity index (χ3v) is 2.98. The average molecular weight is 322 g/mol. The third-order valence-electron chi connectivity index (χ3n) is 2.98. The van der Waals surface area contributed by atoms with Crippen molar-refractivity contribution in [2.45, 2.75) is 0 Å². The number of benzene rings is 2. The van der Waals surface area contributed by atoms with Gasteiger partial charge in [0.15, 0.2) is 0 Å². The summed E-state index contributed by atoms with van der Waals surface area (Å²) in [5.41, 5.74) is 0.